The van der Waals surface area contributed by atoms with Crippen LogP contribution in [0.2, 0.25) is 0 Å². The Morgan fingerprint density at radius 2 is 1.91 bits per heavy atom. The van der Waals surface area contributed by atoms with Crippen LogP contribution in [0.1, 0.15) is 23.2 Å². The van der Waals surface area contributed by atoms with Gasteiger partial charge in [-0.25, -0.2) is 9.78 Å². The lowest BCUT2D eigenvalue weighted by molar-refractivity contribution is -0.141. The number of morpholine rings is 1. The van der Waals surface area contributed by atoms with E-state index in [-0.39, 0.29) is 23.4 Å². The molecule has 0 aliphatic carbocycles. The van der Waals surface area contributed by atoms with Gasteiger partial charge in [-0.05, 0) is 36.6 Å². The number of ether oxygens (including phenoxy) is 1. The number of benzene rings is 1. The van der Waals surface area contributed by atoms with Crippen LogP contribution >= 0.6 is 0 Å². The molecule has 9 heteroatoms. The van der Waals surface area contributed by atoms with Gasteiger partial charge in [-0.2, -0.15) is 0 Å². The lowest BCUT2D eigenvalue weighted by Crippen LogP contribution is -2.49. The van der Waals surface area contributed by atoms with Crippen LogP contribution in [0.5, 0.6) is 0 Å². The zero-order valence-corrected chi connectivity index (χ0v) is 18.6. The number of aromatic amines is 1. The number of carbonyl (C=O) groups excluding carboxylic acids is 2. The summed E-state index contributed by atoms with van der Waals surface area (Å²) >= 11 is 0. The van der Waals surface area contributed by atoms with Crippen molar-refractivity contribution in [1.82, 2.24) is 24.3 Å². The second-order valence-corrected chi connectivity index (χ2v) is 8.69. The van der Waals surface area contributed by atoms with Gasteiger partial charge >= 0.3 is 5.69 Å². The van der Waals surface area contributed by atoms with Gasteiger partial charge in [0.25, 0.3) is 5.91 Å². The second kappa shape index (κ2) is 8.82. The minimum absolute atomic E-state index is 0.0700. The van der Waals surface area contributed by atoms with Gasteiger partial charge in [0.15, 0.2) is 5.65 Å². The molecule has 4 heterocycles. The van der Waals surface area contributed by atoms with Crippen LogP contribution in [0.4, 0.5) is 0 Å². The lowest BCUT2D eigenvalue weighted by Gasteiger charge is -2.36. The average molecular weight is 450 g/mol. The maximum Gasteiger partial charge on any atom is 0.327 e. The Morgan fingerprint density at radius 3 is 2.73 bits per heavy atom. The maximum absolute atomic E-state index is 13.3. The molecule has 0 radical (unpaired) electrons. The van der Waals surface area contributed by atoms with Gasteiger partial charge < -0.3 is 14.5 Å². The molecule has 9 nitrogen and oxygen atoms in total. The molecule has 33 heavy (non-hydrogen) atoms. The van der Waals surface area contributed by atoms with E-state index in [0.717, 1.165) is 24.0 Å². The predicted molar refractivity (Wildman–Crippen MR) is 123 cm³/mol. The molecule has 2 aromatic heterocycles. The zero-order valence-electron chi connectivity index (χ0n) is 18.6. The molecule has 2 amide bonds. The first-order valence-electron chi connectivity index (χ1n) is 11.3. The Labute approximate surface area is 191 Å². The minimum atomic E-state index is -0.218. The van der Waals surface area contributed by atoms with Crippen LogP contribution in [-0.2, 0) is 16.6 Å². The van der Waals surface area contributed by atoms with Gasteiger partial charge in [0.1, 0.15) is 0 Å². The van der Waals surface area contributed by atoms with Crippen LogP contribution in [-0.4, -0.2) is 75.5 Å². The molecule has 2 saturated heterocycles. The molecule has 1 N–H and O–H groups in total. The number of pyridine rings is 1. The number of likely N-dealkylation sites (tertiary alicyclic amines) is 1. The summed E-state index contributed by atoms with van der Waals surface area (Å²) in [4.78, 5) is 48.8. The van der Waals surface area contributed by atoms with E-state index in [9.17, 15) is 14.4 Å². The van der Waals surface area contributed by atoms with Crippen molar-refractivity contribution in [3.05, 3.63) is 52.6 Å². The van der Waals surface area contributed by atoms with Crippen LogP contribution in [0, 0.1) is 5.92 Å². The first-order valence-corrected chi connectivity index (χ1v) is 11.3. The van der Waals surface area contributed by atoms with Gasteiger partial charge in [0.05, 0.1) is 24.6 Å². The summed E-state index contributed by atoms with van der Waals surface area (Å²) in [5.74, 6) is -0.106. The highest BCUT2D eigenvalue weighted by atomic mass is 16.5. The smallest absolute Gasteiger partial charge is 0.327 e. The summed E-state index contributed by atoms with van der Waals surface area (Å²) in [5.41, 5.74) is 3.27. The van der Waals surface area contributed by atoms with Gasteiger partial charge in [0.2, 0.25) is 5.91 Å². The zero-order chi connectivity index (χ0) is 22.9. The minimum Gasteiger partial charge on any atom is -0.378 e. The second-order valence-electron chi connectivity index (χ2n) is 8.69. The van der Waals surface area contributed by atoms with Crippen molar-refractivity contribution >= 4 is 23.0 Å². The molecule has 2 aliphatic heterocycles. The summed E-state index contributed by atoms with van der Waals surface area (Å²) in [6, 6.07) is 9.32. The highest BCUT2D eigenvalue weighted by molar-refractivity contribution is 5.96. The van der Waals surface area contributed by atoms with Crippen molar-refractivity contribution in [2.24, 2.45) is 13.0 Å². The fourth-order valence-electron chi connectivity index (χ4n) is 4.68. The number of rotatable bonds is 3. The Morgan fingerprint density at radius 1 is 1.09 bits per heavy atom. The Bertz CT molecular complexity index is 1260. The third kappa shape index (κ3) is 4.16. The number of aryl methyl sites for hydroxylation is 1. The Balaban J connectivity index is 1.35. The largest absolute Gasteiger partial charge is 0.378 e. The topological polar surface area (TPSA) is 101 Å². The average Bonchev–Trinajstić information content (AvgIpc) is 3.16. The lowest BCUT2D eigenvalue weighted by atomic mass is 9.95. The molecule has 1 aromatic carbocycles. The number of hydrogen-bond donors (Lipinski definition) is 1. The first-order chi connectivity index (χ1) is 16.0. The summed E-state index contributed by atoms with van der Waals surface area (Å²) in [6.07, 6.45) is 3.31. The fourth-order valence-corrected chi connectivity index (χ4v) is 4.68. The van der Waals surface area contributed by atoms with Crippen LogP contribution in [0.25, 0.3) is 22.3 Å². The predicted octanol–water partition coefficient (Wildman–Crippen LogP) is 1.64. The number of hydrogen-bond acceptors (Lipinski definition) is 5. The number of H-pyrrole nitrogens is 1. The SMILES string of the molecule is Cn1c(=O)[nH]c2ncc(-c3cccc(C(=O)N4CCCC(C(=O)N5CCOCC5)C4)c3)cc21. The maximum atomic E-state index is 13.3. The van der Waals surface area contributed by atoms with E-state index in [1.807, 2.05) is 29.2 Å². The van der Waals surface area contributed by atoms with E-state index in [0.29, 0.717) is 56.1 Å². The quantitative estimate of drug-likeness (QED) is 0.655. The van der Waals surface area contributed by atoms with Crippen molar-refractivity contribution < 1.29 is 14.3 Å². The van der Waals surface area contributed by atoms with E-state index in [2.05, 4.69) is 9.97 Å². The van der Waals surface area contributed by atoms with Crippen molar-refractivity contribution in [3.8, 4) is 11.1 Å². The van der Waals surface area contributed by atoms with Gasteiger partial charge in [0, 0.05) is 50.6 Å². The number of nitrogens with one attached hydrogen (secondary N) is 1. The molecular weight excluding hydrogens is 422 g/mol. The van der Waals surface area contributed by atoms with Crippen molar-refractivity contribution in [2.45, 2.75) is 12.8 Å². The standard InChI is InChI=1S/C24H27N5O4/c1-27-20-13-19(14-25-21(20)26-24(27)32)16-4-2-5-17(12-16)22(30)29-7-3-6-18(15-29)23(31)28-8-10-33-11-9-28/h2,4-5,12-14,18H,3,6-11,15H2,1H3,(H,25,26,32). The van der Waals surface area contributed by atoms with Crippen LogP contribution in [0.15, 0.2) is 41.3 Å². The van der Waals surface area contributed by atoms with E-state index in [1.54, 1.807) is 24.2 Å². The Kier molecular flexibility index (Phi) is 5.72. The fraction of sp³-hybridized carbons (Fsp3) is 0.417. The molecule has 2 fully saturated rings. The number of piperidine rings is 1. The molecule has 3 aromatic rings. The molecule has 0 saturated carbocycles. The number of nitrogens with zero attached hydrogens (tertiary/aromatic N) is 4. The van der Waals surface area contributed by atoms with E-state index in [1.165, 1.54) is 4.57 Å². The molecule has 172 valence electrons. The molecule has 1 unspecified atom stereocenters. The monoisotopic (exact) mass is 449 g/mol. The number of fused-ring (bicyclic) bond motifs is 1. The van der Waals surface area contributed by atoms with E-state index >= 15 is 0 Å². The number of imidazole rings is 1. The van der Waals surface area contributed by atoms with Gasteiger partial charge in [-0.3, -0.25) is 19.1 Å². The summed E-state index contributed by atoms with van der Waals surface area (Å²) in [5, 5.41) is 0. The van der Waals surface area contributed by atoms with Crippen molar-refractivity contribution in [3.63, 3.8) is 0 Å². The molecule has 1 atom stereocenters. The molecular formula is C24H27N5O4. The van der Waals surface area contributed by atoms with Crippen molar-refractivity contribution in [1.29, 1.82) is 0 Å². The molecule has 2 aliphatic rings. The number of aromatic nitrogens is 3. The number of amides is 2. The molecule has 0 spiro atoms. The first kappa shape index (κ1) is 21.4. The number of carbonyl (C=O) groups is 2. The summed E-state index contributed by atoms with van der Waals surface area (Å²) in [6.45, 7) is 3.48. The van der Waals surface area contributed by atoms with E-state index in [4.69, 9.17) is 4.74 Å². The third-order valence-corrected chi connectivity index (χ3v) is 6.58. The summed E-state index contributed by atoms with van der Waals surface area (Å²) < 4.78 is 6.87. The van der Waals surface area contributed by atoms with Crippen molar-refractivity contribution in [2.75, 3.05) is 39.4 Å². The van der Waals surface area contributed by atoms with Gasteiger partial charge in [-0.15, -0.1) is 0 Å². The Hall–Kier alpha value is -3.46. The third-order valence-electron chi connectivity index (χ3n) is 6.58. The van der Waals surface area contributed by atoms with E-state index < -0.39 is 0 Å². The highest BCUT2D eigenvalue weighted by Crippen LogP contribution is 2.25. The van der Waals surface area contributed by atoms with Gasteiger partial charge in [-0.1, -0.05) is 12.1 Å². The molecule has 5 rings (SSSR count). The summed E-state index contributed by atoms with van der Waals surface area (Å²) in [7, 11) is 1.69. The molecule has 0 bridgehead atoms. The van der Waals surface area contributed by atoms with Crippen LogP contribution < -0.4 is 5.69 Å². The normalized spacial score (nSPS) is 19.1. The van der Waals surface area contributed by atoms with Crippen LogP contribution in [0.3, 0.4) is 0 Å². The highest BCUT2D eigenvalue weighted by Gasteiger charge is 2.32.